The smallest absolute Gasteiger partial charge is 0.481 e. The highest BCUT2D eigenvalue weighted by molar-refractivity contribution is 5.71. The van der Waals surface area contributed by atoms with Gasteiger partial charge in [0.2, 0.25) is 0 Å². The first-order chi connectivity index (χ1) is 9.26. The maximum atomic E-state index is 12.3. The fourth-order valence-corrected chi connectivity index (χ4v) is 1.89. The molecule has 0 aliphatic carbocycles. The summed E-state index contributed by atoms with van der Waals surface area (Å²) in [6.45, 7) is 1.72. The second-order valence-electron chi connectivity index (χ2n) is 4.26. The van der Waals surface area contributed by atoms with Crippen molar-refractivity contribution in [2.24, 2.45) is 5.92 Å². The third-order valence-corrected chi connectivity index (χ3v) is 2.76. The average Bonchev–Trinajstić information content (AvgIpc) is 2.33. The van der Waals surface area contributed by atoms with Gasteiger partial charge in [-0.15, -0.1) is 13.2 Å². The Labute approximate surface area is 113 Å². The van der Waals surface area contributed by atoms with Gasteiger partial charge >= 0.3 is 12.3 Å². The van der Waals surface area contributed by atoms with E-state index in [1.807, 2.05) is 0 Å². The number of carboxylic acid groups (broad SMARTS) is 1. The lowest BCUT2D eigenvalue weighted by Crippen LogP contribution is -2.24. The van der Waals surface area contributed by atoms with E-state index in [2.05, 4.69) is 4.74 Å². The van der Waals surface area contributed by atoms with E-state index in [9.17, 15) is 23.1 Å². The summed E-state index contributed by atoms with van der Waals surface area (Å²) >= 11 is 0. The summed E-state index contributed by atoms with van der Waals surface area (Å²) < 4.78 is 40.6. The molecule has 20 heavy (non-hydrogen) atoms. The van der Waals surface area contributed by atoms with Crippen LogP contribution in [0.5, 0.6) is 5.75 Å². The molecule has 0 aromatic heterocycles. The van der Waals surface area contributed by atoms with Crippen molar-refractivity contribution < 1.29 is 32.9 Å². The van der Waals surface area contributed by atoms with Crippen molar-refractivity contribution in [3.05, 3.63) is 29.8 Å². The Morgan fingerprint density at radius 3 is 2.45 bits per heavy atom. The van der Waals surface area contributed by atoms with E-state index < -0.39 is 30.1 Å². The number of rotatable bonds is 6. The Bertz CT molecular complexity index is 459. The largest absolute Gasteiger partial charge is 0.573 e. The number of aliphatic hydroxyl groups excluding tert-OH is 1. The molecule has 0 heterocycles. The summed E-state index contributed by atoms with van der Waals surface area (Å²) in [5.41, 5.74) is -0.189. The number of halogens is 3. The molecule has 2 unspecified atom stereocenters. The van der Waals surface area contributed by atoms with Crippen LogP contribution < -0.4 is 4.74 Å². The molecule has 0 spiro atoms. The van der Waals surface area contributed by atoms with E-state index in [0.29, 0.717) is 6.42 Å². The molecule has 1 aromatic rings. The van der Waals surface area contributed by atoms with Gasteiger partial charge in [-0.3, -0.25) is 4.79 Å². The van der Waals surface area contributed by atoms with Crippen molar-refractivity contribution in [1.29, 1.82) is 0 Å². The summed E-state index contributed by atoms with van der Waals surface area (Å²) in [4.78, 5) is 11.1. The fourth-order valence-electron chi connectivity index (χ4n) is 1.89. The molecule has 0 saturated heterocycles. The van der Waals surface area contributed by atoms with Crippen LogP contribution in [0.15, 0.2) is 24.3 Å². The highest BCUT2D eigenvalue weighted by Crippen LogP contribution is 2.35. The molecule has 2 N–H and O–H groups in total. The van der Waals surface area contributed by atoms with Crippen LogP contribution >= 0.6 is 0 Å². The van der Waals surface area contributed by atoms with Crippen LogP contribution in [-0.4, -0.2) is 22.5 Å². The van der Waals surface area contributed by atoms with Gasteiger partial charge in [-0.2, -0.15) is 0 Å². The van der Waals surface area contributed by atoms with Crippen molar-refractivity contribution in [1.82, 2.24) is 0 Å². The number of alkyl halides is 3. The van der Waals surface area contributed by atoms with E-state index in [1.165, 1.54) is 18.2 Å². The summed E-state index contributed by atoms with van der Waals surface area (Å²) in [5.74, 6) is -3.03. The molecule has 0 aliphatic heterocycles. The maximum absolute atomic E-state index is 12.3. The minimum Gasteiger partial charge on any atom is -0.481 e. The van der Waals surface area contributed by atoms with Gasteiger partial charge in [-0.05, 0) is 12.5 Å². The zero-order chi connectivity index (χ0) is 15.3. The number of para-hydroxylation sites is 1. The average molecular weight is 292 g/mol. The molecule has 7 heteroatoms. The summed E-state index contributed by atoms with van der Waals surface area (Å²) in [6.07, 6.45) is -5.84. The highest BCUT2D eigenvalue weighted by atomic mass is 19.4. The highest BCUT2D eigenvalue weighted by Gasteiger charge is 2.35. The topological polar surface area (TPSA) is 66.8 Å². The number of carbonyl (C=O) groups is 1. The van der Waals surface area contributed by atoms with Crippen molar-refractivity contribution in [3.63, 3.8) is 0 Å². The second-order valence-corrected chi connectivity index (χ2v) is 4.26. The van der Waals surface area contributed by atoms with Crippen molar-refractivity contribution in [2.45, 2.75) is 32.2 Å². The third-order valence-electron chi connectivity index (χ3n) is 2.76. The quantitative estimate of drug-likeness (QED) is 0.845. The van der Waals surface area contributed by atoms with Gasteiger partial charge in [-0.1, -0.05) is 31.5 Å². The van der Waals surface area contributed by atoms with E-state index in [4.69, 9.17) is 5.11 Å². The molecule has 4 nitrogen and oxygen atoms in total. The zero-order valence-electron chi connectivity index (χ0n) is 10.7. The second kappa shape index (κ2) is 6.60. The molecule has 1 aromatic carbocycles. The Kier molecular flexibility index (Phi) is 5.38. The standard InChI is InChI=1S/C13H15F3O4/c1-2-5-9(12(18)19)11(17)8-6-3-4-7-10(8)20-13(14,15)16/h3-4,6-7,9,11,17H,2,5H2,1H3,(H,18,19). The van der Waals surface area contributed by atoms with Crippen LogP contribution in [0.3, 0.4) is 0 Å². The van der Waals surface area contributed by atoms with Gasteiger partial charge < -0.3 is 14.9 Å². The van der Waals surface area contributed by atoms with Gasteiger partial charge in [0.05, 0.1) is 12.0 Å². The summed E-state index contributed by atoms with van der Waals surface area (Å²) in [5, 5.41) is 19.1. The number of ether oxygens (including phenoxy) is 1. The van der Waals surface area contributed by atoms with Gasteiger partial charge in [0.15, 0.2) is 0 Å². The number of aliphatic hydroxyl groups is 1. The molecule has 0 bridgehead atoms. The van der Waals surface area contributed by atoms with Crippen molar-refractivity contribution >= 4 is 5.97 Å². The van der Waals surface area contributed by atoms with E-state index in [0.717, 1.165) is 6.07 Å². The molecule has 0 aliphatic rings. The first kappa shape index (κ1) is 16.3. The minimum absolute atomic E-state index is 0.150. The molecule has 112 valence electrons. The van der Waals surface area contributed by atoms with E-state index in [1.54, 1.807) is 6.92 Å². The Morgan fingerprint density at radius 2 is 1.95 bits per heavy atom. The third kappa shape index (κ3) is 4.41. The van der Waals surface area contributed by atoms with E-state index in [-0.39, 0.29) is 12.0 Å². The Balaban J connectivity index is 3.08. The van der Waals surface area contributed by atoms with Crippen LogP contribution in [-0.2, 0) is 4.79 Å². The lowest BCUT2D eigenvalue weighted by molar-refractivity contribution is -0.275. The molecule has 0 fully saturated rings. The molecule has 0 saturated carbocycles. The summed E-state index contributed by atoms with van der Waals surface area (Å²) in [7, 11) is 0. The van der Waals surface area contributed by atoms with Crippen LogP contribution in [0.1, 0.15) is 31.4 Å². The first-order valence-electron chi connectivity index (χ1n) is 6.01. The zero-order valence-corrected chi connectivity index (χ0v) is 10.7. The number of benzene rings is 1. The Morgan fingerprint density at radius 1 is 1.35 bits per heavy atom. The molecule has 2 atom stereocenters. The number of hydrogen-bond donors (Lipinski definition) is 2. The van der Waals surface area contributed by atoms with Crippen molar-refractivity contribution in [3.8, 4) is 5.75 Å². The molecule has 0 radical (unpaired) electrons. The van der Waals surface area contributed by atoms with Crippen LogP contribution in [0.25, 0.3) is 0 Å². The summed E-state index contributed by atoms with van der Waals surface area (Å²) in [6, 6.07) is 4.98. The molecule has 0 amide bonds. The molecular weight excluding hydrogens is 277 g/mol. The first-order valence-corrected chi connectivity index (χ1v) is 6.01. The number of aliphatic carboxylic acids is 1. The minimum atomic E-state index is -4.90. The Hall–Kier alpha value is -1.76. The lowest BCUT2D eigenvalue weighted by Gasteiger charge is -2.21. The van der Waals surface area contributed by atoms with Gasteiger partial charge in [-0.25, -0.2) is 0 Å². The van der Waals surface area contributed by atoms with Gasteiger partial charge in [0.1, 0.15) is 5.75 Å². The monoisotopic (exact) mass is 292 g/mol. The molecular formula is C13H15F3O4. The lowest BCUT2D eigenvalue weighted by atomic mass is 9.91. The molecule has 1 rings (SSSR count). The van der Waals surface area contributed by atoms with Crippen LogP contribution in [0.4, 0.5) is 13.2 Å². The van der Waals surface area contributed by atoms with Gasteiger partial charge in [0.25, 0.3) is 0 Å². The van der Waals surface area contributed by atoms with Crippen LogP contribution in [0.2, 0.25) is 0 Å². The van der Waals surface area contributed by atoms with Crippen LogP contribution in [0, 0.1) is 5.92 Å². The van der Waals surface area contributed by atoms with Gasteiger partial charge in [0, 0.05) is 5.56 Å². The predicted molar refractivity (Wildman–Crippen MR) is 64.1 cm³/mol. The van der Waals surface area contributed by atoms with Crippen molar-refractivity contribution in [2.75, 3.05) is 0 Å². The maximum Gasteiger partial charge on any atom is 0.573 e. The normalized spacial score (nSPS) is 14.7. The number of carboxylic acids is 1. The fraction of sp³-hybridized carbons (Fsp3) is 0.462. The van der Waals surface area contributed by atoms with E-state index >= 15 is 0 Å². The predicted octanol–water partition coefficient (Wildman–Crippen LogP) is 3.12. The SMILES string of the molecule is CCCC(C(=O)O)C(O)c1ccccc1OC(F)(F)F. The number of hydrogen-bond acceptors (Lipinski definition) is 3.